The molecule has 4 heteroatoms. The van der Waals surface area contributed by atoms with E-state index in [0.717, 1.165) is 12.8 Å². The van der Waals surface area contributed by atoms with Gasteiger partial charge in [-0.1, -0.05) is 105 Å². The van der Waals surface area contributed by atoms with Gasteiger partial charge in [0.2, 0.25) is 0 Å². The van der Waals surface area contributed by atoms with E-state index in [4.69, 9.17) is 9.47 Å². The SMILES string of the molecule is CCCCCCc1ccc(C2=CC3COCC(C2)N3C(=O)OCC2c3ccccc3-c3ccccc32)cc1. The van der Waals surface area contributed by atoms with Crippen LogP contribution in [0.4, 0.5) is 4.79 Å². The van der Waals surface area contributed by atoms with Crippen molar-refractivity contribution in [3.63, 3.8) is 0 Å². The van der Waals surface area contributed by atoms with E-state index in [9.17, 15) is 4.79 Å². The number of nitrogens with zero attached hydrogens (tertiary/aromatic N) is 1. The number of ether oxygens (including phenoxy) is 2. The van der Waals surface area contributed by atoms with E-state index in [1.54, 1.807) is 0 Å². The number of amides is 1. The van der Waals surface area contributed by atoms with Gasteiger partial charge in [0.05, 0.1) is 25.3 Å². The van der Waals surface area contributed by atoms with Crippen molar-refractivity contribution in [3.05, 3.63) is 101 Å². The van der Waals surface area contributed by atoms with E-state index in [2.05, 4.69) is 85.8 Å². The molecule has 0 aromatic heterocycles. The van der Waals surface area contributed by atoms with Gasteiger partial charge in [0.25, 0.3) is 0 Å². The fraction of sp³-hybridized carbons (Fsp3) is 0.382. The summed E-state index contributed by atoms with van der Waals surface area (Å²) >= 11 is 0. The number of rotatable bonds is 8. The predicted octanol–water partition coefficient (Wildman–Crippen LogP) is 7.62. The fourth-order valence-corrected chi connectivity index (χ4v) is 6.40. The largest absolute Gasteiger partial charge is 0.448 e. The second kappa shape index (κ2) is 11.2. The molecule has 196 valence electrons. The summed E-state index contributed by atoms with van der Waals surface area (Å²) in [7, 11) is 0. The number of morpholine rings is 1. The third kappa shape index (κ3) is 4.90. The van der Waals surface area contributed by atoms with E-state index >= 15 is 0 Å². The molecule has 0 spiro atoms. The lowest BCUT2D eigenvalue weighted by molar-refractivity contribution is -0.0331. The third-order valence-electron chi connectivity index (χ3n) is 8.39. The summed E-state index contributed by atoms with van der Waals surface area (Å²) < 4.78 is 11.9. The Bertz CT molecular complexity index is 1270. The van der Waals surface area contributed by atoms with Gasteiger partial charge in [0.1, 0.15) is 6.61 Å². The minimum atomic E-state index is -0.233. The average Bonchev–Trinajstić information content (AvgIpc) is 3.27. The standard InChI is InChI=1S/C34H37NO3/c1-2-3-4-5-10-24-15-17-25(18-16-24)26-19-27-21-37-22-28(20-26)35(27)34(36)38-23-33-31-13-8-6-11-29(31)30-12-7-9-14-32(30)33/h6-9,11-19,27-28,33H,2-5,10,20-23H2,1H3. The van der Waals surface area contributed by atoms with E-state index in [1.165, 1.54) is 64.6 Å². The van der Waals surface area contributed by atoms with Gasteiger partial charge in [-0.3, -0.25) is 4.90 Å². The smallest absolute Gasteiger partial charge is 0.410 e. The van der Waals surface area contributed by atoms with Crippen LogP contribution in [0, 0.1) is 0 Å². The lowest BCUT2D eigenvalue weighted by Gasteiger charge is -2.44. The zero-order valence-electron chi connectivity index (χ0n) is 22.3. The number of hydrogen-bond acceptors (Lipinski definition) is 3. The normalized spacial score (nSPS) is 20.0. The van der Waals surface area contributed by atoms with Gasteiger partial charge in [0, 0.05) is 5.92 Å². The molecule has 2 atom stereocenters. The minimum Gasteiger partial charge on any atom is -0.448 e. The van der Waals surface area contributed by atoms with Crippen LogP contribution in [-0.2, 0) is 15.9 Å². The Hall–Kier alpha value is -3.37. The number of carbonyl (C=O) groups excluding carboxylic acids is 1. The molecule has 2 bridgehead atoms. The molecular formula is C34H37NO3. The fourth-order valence-electron chi connectivity index (χ4n) is 6.40. The Morgan fingerprint density at radius 2 is 1.61 bits per heavy atom. The zero-order valence-corrected chi connectivity index (χ0v) is 22.3. The highest BCUT2D eigenvalue weighted by atomic mass is 16.6. The molecule has 1 amide bonds. The first-order valence-corrected chi connectivity index (χ1v) is 14.2. The molecule has 2 heterocycles. The van der Waals surface area contributed by atoms with Crippen molar-refractivity contribution in [1.82, 2.24) is 4.90 Å². The highest BCUT2D eigenvalue weighted by Gasteiger charge is 2.39. The second-order valence-electron chi connectivity index (χ2n) is 10.9. The van der Waals surface area contributed by atoms with Gasteiger partial charge in [0.15, 0.2) is 0 Å². The minimum absolute atomic E-state index is 0.00174. The highest BCUT2D eigenvalue weighted by Crippen LogP contribution is 2.44. The predicted molar refractivity (Wildman–Crippen MR) is 152 cm³/mol. The molecule has 0 N–H and O–H groups in total. The molecule has 2 unspecified atom stereocenters. The number of aryl methyl sites for hydroxylation is 1. The van der Waals surface area contributed by atoms with Gasteiger partial charge < -0.3 is 9.47 Å². The average molecular weight is 508 g/mol. The summed E-state index contributed by atoms with van der Waals surface area (Å²) in [4.78, 5) is 15.4. The molecule has 3 aromatic rings. The molecule has 2 aliphatic heterocycles. The van der Waals surface area contributed by atoms with E-state index in [-0.39, 0.29) is 24.1 Å². The molecule has 38 heavy (non-hydrogen) atoms. The van der Waals surface area contributed by atoms with Crippen molar-refractivity contribution in [1.29, 1.82) is 0 Å². The van der Waals surface area contributed by atoms with Gasteiger partial charge in [-0.15, -0.1) is 0 Å². The van der Waals surface area contributed by atoms with E-state index in [0.29, 0.717) is 19.8 Å². The lowest BCUT2D eigenvalue weighted by atomic mass is 9.89. The molecule has 1 fully saturated rings. The molecule has 3 aromatic carbocycles. The molecule has 0 saturated carbocycles. The number of unbranched alkanes of at least 4 members (excludes halogenated alkanes) is 3. The van der Waals surface area contributed by atoms with Crippen molar-refractivity contribution < 1.29 is 14.3 Å². The monoisotopic (exact) mass is 507 g/mol. The van der Waals surface area contributed by atoms with Crippen LogP contribution in [0.3, 0.4) is 0 Å². The van der Waals surface area contributed by atoms with Crippen LogP contribution in [0.25, 0.3) is 16.7 Å². The van der Waals surface area contributed by atoms with Crippen LogP contribution in [0.1, 0.15) is 67.2 Å². The molecule has 0 radical (unpaired) electrons. The van der Waals surface area contributed by atoms with Crippen LogP contribution >= 0.6 is 0 Å². The molecule has 1 saturated heterocycles. The first kappa shape index (κ1) is 24.9. The summed E-state index contributed by atoms with van der Waals surface area (Å²) in [6, 6.07) is 25.9. The van der Waals surface area contributed by atoms with Crippen molar-refractivity contribution in [3.8, 4) is 11.1 Å². The Kier molecular flexibility index (Phi) is 7.33. The van der Waals surface area contributed by atoms with Crippen LogP contribution in [-0.4, -0.2) is 42.9 Å². The number of fused-ring (bicyclic) bond motifs is 5. The van der Waals surface area contributed by atoms with Crippen LogP contribution in [0.15, 0.2) is 78.9 Å². The van der Waals surface area contributed by atoms with Crippen molar-refractivity contribution in [2.45, 2.75) is 63.5 Å². The third-order valence-corrected chi connectivity index (χ3v) is 8.39. The highest BCUT2D eigenvalue weighted by molar-refractivity contribution is 5.79. The van der Waals surface area contributed by atoms with Crippen LogP contribution < -0.4 is 0 Å². The maximum atomic E-state index is 13.4. The summed E-state index contributed by atoms with van der Waals surface area (Å²) in [6.07, 6.45) is 9.06. The molecular weight excluding hydrogens is 470 g/mol. The van der Waals surface area contributed by atoms with Crippen molar-refractivity contribution in [2.75, 3.05) is 19.8 Å². The first-order valence-electron chi connectivity index (χ1n) is 14.2. The van der Waals surface area contributed by atoms with Crippen LogP contribution in [0.5, 0.6) is 0 Å². The Balaban J connectivity index is 1.13. The maximum absolute atomic E-state index is 13.4. The van der Waals surface area contributed by atoms with Gasteiger partial charge in [-0.2, -0.15) is 0 Å². The van der Waals surface area contributed by atoms with E-state index < -0.39 is 0 Å². The van der Waals surface area contributed by atoms with Crippen LogP contribution in [0.2, 0.25) is 0 Å². The van der Waals surface area contributed by atoms with E-state index in [1.807, 2.05) is 4.90 Å². The molecule has 4 nitrogen and oxygen atoms in total. The quantitative estimate of drug-likeness (QED) is 0.295. The number of carbonyl (C=O) groups is 1. The lowest BCUT2D eigenvalue weighted by Crippen LogP contribution is -2.56. The van der Waals surface area contributed by atoms with Gasteiger partial charge in [-0.05, 0) is 58.2 Å². The zero-order chi connectivity index (χ0) is 25.9. The second-order valence-corrected chi connectivity index (χ2v) is 10.9. The molecule has 6 rings (SSSR count). The summed E-state index contributed by atoms with van der Waals surface area (Å²) in [5, 5.41) is 0. The Labute approximate surface area is 226 Å². The van der Waals surface area contributed by atoms with Crippen molar-refractivity contribution in [2.24, 2.45) is 0 Å². The topological polar surface area (TPSA) is 38.8 Å². The van der Waals surface area contributed by atoms with Gasteiger partial charge >= 0.3 is 6.09 Å². The Morgan fingerprint density at radius 1 is 0.895 bits per heavy atom. The van der Waals surface area contributed by atoms with Crippen molar-refractivity contribution >= 4 is 11.7 Å². The summed E-state index contributed by atoms with van der Waals surface area (Å²) in [6.45, 7) is 3.66. The molecule has 3 aliphatic rings. The first-order chi connectivity index (χ1) is 18.7. The Morgan fingerprint density at radius 3 is 2.29 bits per heavy atom. The number of benzene rings is 3. The molecule has 1 aliphatic carbocycles. The summed E-state index contributed by atoms with van der Waals surface area (Å²) in [5.74, 6) is 0.0684. The van der Waals surface area contributed by atoms with Gasteiger partial charge in [-0.25, -0.2) is 4.79 Å². The number of hydrogen-bond donors (Lipinski definition) is 0. The summed E-state index contributed by atoms with van der Waals surface area (Å²) in [5.41, 5.74) is 8.93. The maximum Gasteiger partial charge on any atom is 0.410 e.